The van der Waals surface area contributed by atoms with Crippen LogP contribution in [-0.4, -0.2) is 12.6 Å². The second-order valence-corrected chi connectivity index (χ2v) is 2.40. The fourth-order valence-corrected chi connectivity index (χ4v) is 0.879. The number of rotatable bonds is 6. The van der Waals surface area contributed by atoms with Gasteiger partial charge in [-0.15, -0.1) is 0 Å². The van der Waals surface area contributed by atoms with E-state index in [1.54, 1.807) is 0 Å². The van der Waals surface area contributed by atoms with Crippen LogP contribution in [0.1, 0.15) is 39.5 Å². The maximum absolute atomic E-state index is 9.92. The molecule has 0 bridgehead atoms. The molecule has 2 heteroatoms. The van der Waals surface area contributed by atoms with Crippen molar-refractivity contribution in [3.05, 3.63) is 0 Å². The van der Waals surface area contributed by atoms with E-state index in [9.17, 15) is 4.79 Å². The van der Waals surface area contributed by atoms with Gasteiger partial charge in [-0.3, -0.25) is 4.79 Å². The van der Waals surface area contributed by atoms with Gasteiger partial charge in [0.25, 0.3) is 6.47 Å². The Morgan fingerprint density at radius 2 is 2.20 bits per heavy atom. The largest absolute Gasteiger partial charge is 0.465 e. The number of unbranched alkanes of at least 4 members (excludes halogenated alkanes) is 1. The van der Waals surface area contributed by atoms with Crippen LogP contribution in [0.4, 0.5) is 0 Å². The van der Waals surface area contributed by atoms with Crippen molar-refractivity contribution in [2.24, 2.45) is 0 Å². The summed E-state index contributed by atoms with van der Waals surface area (Å²) in [6.45, 7) is 4.71. The zero-order valence-corrected chi connectivity index (χ0v) is 6.80. The van der Waals surface area contributed by atoms with Crippen molar-refractivity contribution in [3.63, 3.8) is 0 Å². The van der Waals surface area contributed by atoms with E-state index in [4.69, 9.17) is 4.74 Å². The highest BCUT2D eigenvalue weighted by Gasteiger charge is 2.03. The Hall–Kier alpha value is -0.530. The molecular weight excluding hydrogens is 128 g/mol. The molecule has 0 aromatic rings. The van der Waals surface area contributed by atoms with Gasteiger partial charge in [-0.1, -0.05) is 26.7 Å². The fraction of sp³-hybridized carbons (Fsp3) is 0.875. The molecule has 60 valence electrons. The average Bonchev–Trinajstić information content (AvgIpc) is 1.98. The number of hydrogen-bond acceptors (Lipinski definition) is 2. The third-order valence-corrected chi connectivity index (χ3v) is 1.58. The molecule has 0 amide bonds. The Morgan fingerprint density at radius 1 is 1.50 bits per heavy atom. The first-order chi connectivity index (χ1) is 4.85. The normalized spacial score (nSPS) is 12.6. The molecule has 0 saturated carbocycles. The molecule has 0 aliphatic carbocycles. The van der Waals surface area contributed by atoms with Crippen LogP contribution in [0.15, 0.2) is 0 Å². The van der Waals surface area contributed by atoms with Crippen molar-refractivity contribution in [2.75, 3.05) is 0 Å². The van der Waals surface area contributed by atoms with E-state index < -0.39 is 0 Å². The molecule has 0 aliphatic rings. The molecule has 0 rings (SSSR count). The molecule has 2 nitrogen and oxygen atoms in total. The smallest absolute Gasteiger partial charge is 0.293 e. The molecule has 1 unspecified atom stereocenters. The van der Waals surface area contributed by atoms with Gasteiger partial charge >= 0.3 is 0 Å². The van der Waals surface area contributed by atoms with Crippen molar-refractivity contribution in [1.29, 1.82) is 0 Å². The Labute approximate surface area is 62.6 Å². The van der Waals surface area contributed by atoms with Crippen LogP contribution < -0.4 is 0 Å². The maximum Gasteiger partial charge on any atom is 0.293 e. The molecule has 0 aromatic heterocycles. The lowest BCUT2D eigenvalue weighted by molar-refractivity contribution is -0.134. The zero-order chi connectivity index (χ0) is 7.82. The summed E-state index contributed by atoms with van der Waals surface area (Å²) in [5, 5.41) is 0. The van der Waals surface area contributed by atoms with Crippen molar-refractivity contribution < 1.29 is 9.53 Å². The summed E-state index contributed by atoms with van der Waals surface area (Å²) in [6, 6.07) is 0. The van der Waals surface area contributed by atoms with Gasteiger partial charge in [0, 0.05) is 0 Å². The second kappa shape index (κ2) is 6.59. The third-order valence-electron chi connectivity index (χ3n) is 1.58. The Morgan fingerprint density at radius 3 is 2.60 bits per heavy atom. The van der Waals surface area contributed by atoms with Gasteiger partial charge in [0.15, 0.2) is 0 Å². The van der Waals surface area contributed by atoms with Crippen molar-refractivity contribution in [3.8, 4) is 0 Å². The van der Waals surface area contributed by atoms with Crippen LogP contribution in [0.2, 0.25) is 0 Å². The van der Waals surface area contributed by atoms with E-state index in [1.807, 2.05) is 6.92 Å². The van der Waals surface area contributed by atoms with Crippen molar-refractivity contribution in [2.45, 2.75) is 45.6 Å². The van der Waals surface area contributed by atoms with Crippen LogP contribution in [0.5, 0.6) is 0 Å². The second-order valence-electron chi connectivity index (χ2n) is 2.40. The molecule has 0 radical (unpaired) electrons. The third kappa shape index (κ3) is 4.36. The summed E-state index contributed by atoms with van der Waals surface area (Å²) < 4.78 is 4.81. The minimum Gasteiger partial charge on any atom is -0.465 e. The lowest BCUT2D eigenvalue weighted by Crippen LogP contribution is -2.09. The van der Waals surface area contributed by atoms with Crippen molar-refractivity contribution >= 4 is 6.47 Å². The molecule has 0 aliphatic heterocycles. The van der Waals surface area contributed by atoms with Gasteiger partial charge in [0.05, 0.1) is 0 Å². The Kier molecular flexibility index (Phi) is 6.24. The molecule has 0 N–H and O–H groups in total. The lowest BCUT2D eigenvalue weighted by Gasteiger charge is -2.10. The highest BCUT2D eigenvalue weighted by Crippen LogP contribution is 2.06. The first kappa shape index (κ1) is 9.47. The van der Waals surface area contributed by atoms with E-state index in [0.717, 1.165) is 19.3 Å². The first-order valence-electron chi connectivity index (χ1n) is 3.94. The highest BCUT2D eigenvalue weighted by molar-refractivity contribution is 5.37. The van der Waals surface area contributed by atoms with Gasteiger partial charge < -0.3 is 4.74 Å². The van der Waals surface area contributed by atoms with Crippen LogP contribution in [-0.2, 0) is 9.53 Å². The minimum atomic E-state index is 0.150. The molecule has 0 aromatic carbocycles. The van der Waals surface area contributed by atoms with Crippen LogP contribution in [0.3, 0.4) is 0 Å². The summed E-state index contributed by atoms with van der Waals surface area (Å²) in [6.07, 6.45) is 4.40. The minimum absolute atomic E-state index is 0.150. The SMILES string of the molecule is CCCCC(CC)OC=O. The molecular formula is C8H16O2. The van der Waals surface area contributed by atoms with E-state index in [-0.39, 0.29) is 6.10 Å². The van der Waals surface area contributed by atoms with E-state index >= 15 is 0 Å². The van der Waals surface area contributed by atoms with Crippen molar-refractivity contribution in [1.82, 2.24) is 0 Å². The quantitative estimate of drug-likeness (QED) is 0.534. The molecule has 0 spiro atoms. The average molecular weight is 144 g/mol. The molecule has 0 saturated heterocycles. The molecule has 10 heavy (non-hydrogen) atoms. The van der Waals surface area contributed by atoms with Crippen LogP contribution in [0.25, 0.3) is 0 Å². The van der Waals surface area contributed by atoms with Crippen LogP contribution >= 0.6 is 0 Å². The summed E-state index contributed by atoms with van der Waals surface area (Å²) in [4.78, 5) is 9.92. The highest BCUT2D eigenvalue weighted by atomic mass is 16.5. The number of carbonyl (C=O) groups excluding carboxylic acids is 1. The number of carbonyl (C=O) groups is 1. The van der Waals surface area contributed by atoms with Gasteiger partial charge in [-0.2, -0.15) is 0 Å². The van der Waals surface area contributed by atoms with E-state index in [0.29, 0.717) is 6.47 Å². The molecule has 0 fully saturated rings. The number of hydrogen-bond donors (Lipinski definition) is 0. The molecule has 1 atom stereocenters. The zero-order valence-electron chi connectivity index (χ0n) is 6.80. The lowest BCUT2D eigenvalue weighted by atomic mass is 10.1. The van der Waals surface area contributed by atoms with Gasteiger partial charge in [-0.25, -0.2) is 0 Å². The Balaban J connectivity index is 3.29. The van der Waals surface area contributed by atoms with Gasteiger partial charge in [0.1, 0.15) is 6.10 Å². The topological polar surface area (TPSA) is 26.3 Å². The number of ether oxygens (including phenoxy) is 1. The van der Waals surface area contributed by atoms with Crippen LogP contribution in [0, 0.1) is 0 Å². The fourth-order valence-electron chi connectivity index (χ4n) is 0.879. The van der Waals surface area contributed by atoms with E-state index in [1.165, 1.54) is 6.42 Å². The standard InChI is InChI=1S/C8H16O2/c1-3-5-6-8(4-2)10-7-9/h7-8H,3-6H2,1-2H3. The summed E-state index contributed by atoms with van der Waals surface area (Å²) in [7, 11) is 0. The summed E-state index contributed by atoms with van der Waals surface area (Å²) in [5.41, 5.74) is 0. The summed E-state index contributed by atoms with van der Waals surface area (Å²) >= 11 is 0. The first-order valence-corrected chi connectivity index (χ1v) is 3.94. The van der Waals surface area contributed by atoms with E-state index in [2.05, 4.69) is 6.92 Å². The predicted molar refractivity (Wildman–Crippen MR) is 40.8 cm³/mol. The van der Waals surface area contributed by atoms with Gasteiger partial charge in [0.2, 0.25) is 0 Å². The maximum atomic E-state index is 9.92. The Bertz CT molecular complexity index is 81.3. The molecule has 0 heterocycles. The monoisotopic (exact) mass is 144 g/mol. The summed E-state index contributed by atoms with van der Waals surface area (Å²) in [5.74, 6) is 0. The van der Waals surface area contributed by atoms with Gasteiger partial charge in [-0.05, 0) is 12.8 Å². The predicted octanol–water partition coefficient (Wildman–Crippen LogP) is 2.13.